The van der Waals surface area contributed by atoms with Gasteiger partial charge in [-0.25, -0.2) is 0 Å². The normalized spacial score (nSPS) is 10.7. The predicted octanol–water partition coefficient (Wildman–Crippen LogP) is 6.46. The Balaban J connectivity index is 1.50. The summed E-state index contributed by atoms with van der Waals surface area (Å²) in [6.45, 7) is -0.218. The Kier molecular flexibility index (Phi) is 7.68. The SMILES string of the molecule is O=C(COc1ccc(Cl)cc1Cl)Nc1nnc(SCc2ccc(Cl)cc2Cl)s1. The van der Waals surface area contributed by atoms with Gasteiger partial charge in [0.05, 0.1) is 5.02 Å². The lowest BCUT2D eigenvalue weighted by Gasteiger charge is -2.07. The van der Waals surface area contributed by atoms with Gasteiger partial charge in [0.25, 0.3) is 5.91 Å². The first-order chi connectivity index (χ1) is 13.4. The minimum absolute atomic E-state index is 0.218. The van der Waals surface area contributed by atoms with E-state index >= 15 is 0 Å². The van der Waals surface area contributed by atoms with Gasteiger partial charge in [0, 0.05) is 20.8 Å². The molecule has 1 heterocycles. The van der Waals surface area contributed by atoms with Crippen molar-refractivity contribution in [1.82, 2.24) is 10.2 Å². The third-order valence-electron chi connectivity index (χ3n) is 3.27. The topological polar surface area (TPSA) is 64.1 Å². The molecule has 0 atom stereocenters. The zero-order valence-corrected chi connectivity index (χ0v) is 18.6. The van der Waals surface area contributed by atoms with Crippen LogP contribution in [0.1, 0.15) is 5.56 Å². The lowest BCUT2D eigenvalue weighted by Crippen LogP contribution is -2.20. The van der Waals surface area contributed by atoms with Crippen LogP contribution in [0.3, 0.4) is 0 Å². The van der Waals surface area contributed by atoms with Gasteiger partial charge < -0.3 is 4.74 Å². The second-order valence-electron chi connectivity index (χ2n) is 5.31. The largest absolute Gasteiger partial charge is 0.482 e. The predicted molar refractivity (Wildman–Crippen MR) is 117 cm³/mol. The van der Waals surface area contributed by atoms with E-state index in [4.69, 9.17) is 51.1 Å². The van der Waals surface area contributed by atoms with Crippen LogP contribution in [0, 0.1) is 0 Å². The molecule has 11 heteroatoms. The Morgan fingerprint density at radius 2 is 1.75 bits per heavy atom. The summed E-state index contributed by atoms with van der Waals surface area (Å²) >= 11 is 26.6. The number of aromatic nitrogens is 2. The molecule has 0 fully saturated rings. The summed E-state index contributed by atoms with van der Waals surface area (Å²) in [5.41, 5.74) is 0.935. The van der Waals surface area contributed by atoms with Crippen molar-refractivity contribution in [3.8, 4) is 5.75 Å². The van der Waals surface area contributed by atoms with E-state index in [1.54, 1.807) is 24.3 Å². The lowest BCUT2D eigenvalue weighted by molar-refractivity contribution is -0.118. The molecule has 3 rings (SSSR count). The van der Waals surface area contributed by atoms with Crippen molar-refractivity contribution in [2.45, 2.75) is 10.1 Å². The van der Waals surface area contributed by atoms with Crippen LogP contribution in [0.4, 0.5) is 5.13 Å². The van der Waals surface area contributed by atoms with E-state index in [2.05, 4.69) is 15.5 Å². The summed E-state index contributed by atoms with van der Waals surface area (Å²) in [7, 11) is 0. The van der Waals surface area contributed by atoms with Crippen LogP contribution in [0.5, 0.6) is 5.75 Å². The van der Waals surface area contributed by atoms with Crippen molar-refractivity contribution in [3.05, 3.63) is 62.1 Å². The third kappa shape index (κ3) is 6.14. The summed E-state index contributed by atoms with van der Waals surface area (Å²) in [5, 5.41) is 13.0. The van der Waals surface area contributed by atoms with E-state index in [9.17, 15) is 4.79 Å². The van der Waals surface area contributed by atoms with E-state index < -0.39 is 0 Å². The van der Waals surface area contributed by atoms with Gasteiger partial charge >= 0.3 is 0 Å². The Hall–Kier alpha value is -1.22. The number of amides is 1. The maximum atomic E-state index is 12.0. The molecule has 28 heavy (non-hydrogen) atoms. The number of rotatable bonds is 7. The summed E-state index contributed by atoms with van der Waals surface area (Å²) in [6.07, 6.45) is 0. The van der Waals surface area contributed by atoms with Crippen LogP contribution in [-0.4, -0.2) is 22.7 Å². The Morgan fingerprint density at radius 1 is 1.04 bits per heavy atom. The molecule has 0 radical (unpaired) electrons. The molecule has 1 aromatic heterocycles. The van der Waals surface area contributed by atoms with Crippen LogP contribution in [0.25, 0.3) is 0 Å². The number of carbonyl (C=O) groups excluding carboxylic acids is 1. The summed E-state index contributed by atoms with van der Waals surface area (Å²) in [5.74, 6) is 0.602. The maximum absolute atomic E-state index is 12.0. The quantitative estimate of drug-likeness (QED) is 0.301. The molecule has 0 aliphatic heterocycles. The molecule has 0 saturated carbocycles. The maximum Gasteiger partial charge on any atom is 0.264 e. The van der Waals surface area contributed by atoms with Crippen molar-refractivity contribution in [3.63, 3.8) is 0 Å². The number of halogens is 4. The minimum Gasteiger partial charge on any atom is -0.482 e. The summed E-state index contributed by atoms with van der Waals surface area (Å²) < 4.78 is 6.08. The molecule has 2 aromatic carbocycles. The van der Waals surface area contributed by atoms with Crippen LogP contribution < -0.4 is 10.1 Å². The second-order valence-corrected chi connectivity index (χ2v) is 9.20. The molecular weight excluding hydrogens is 484 g/mol. The highest BCUT2D eigenvalue weighted by molar-refractivity contribution is 8.00. The van der Waals surface area contributed by atoms with Crippen molar-refractivity contribution in [2.75, 3.05) is 11.9 Å². The minimum atomic E-state index is -0.375. The van der Waals surface area contributed by atoms with Gasteiger partial charge in [-0.2, -0.15) is 0 Å². The highest BCUT2D eigenvalue weighted by Crippen LogP contribution is 2.31. The lowest BCUT2D eigenvalue weighted by atomic mass is 10.2. The summed E-state index contributed by atoms with van der Waals surface area (Å²) in [4.78, 5) is 12.0. The fourth-order valence-electron chi connectivity index (χ4n) is 1.99. The first-order valence-electron chi connectivity index (χ1n) is 7.68. The van der Waals surface area contributed by atoms with Crippen LogP contribution in [0.2, 0.25) is 20.1 Å². The van der Waals surface area contributed by atoms with Gasteiger partial charge in [0.2, 0.25) is 5.13 Å². The molecule has 3 aromatic rings. The number of ether oxygens (including phenoxy) is 1. The number of hydrogen-bond donors (Lipinski definition) is 1. The van der Waals surface area contributed by atoms with E-state index in [0.29, 0.717) is 41.1 Å². The van der Waals surface area contributed by atoms with Crippen molar-refractivity contribution < 1.29 is 9.53 Å². The Bertz CT molecular complexity index is 1000. The third-order valence-corrected chi connectivity index (χ3v) is 6.41. The van der Waals surface area contributed by atoms with E-state index in [-0.39, 0.29) is 12.5 Å². The number of carbonyl (C=O) groups is 1. The smallest absolute Gasteiger partial charge is 0.264 e. The van der Waals surface area contributed by atoms with Crippen molar-refractivity contribution >= 4 is 80.5 Å². The van der Waals surface area contributed by atoms with Gasteiger partial charge in [-0.1, -0.05) is 75.6 Å². The standard InChI is InChI=1S/C17H11Cl4N3O2S2/c18-10-2-1-9(12(20)5-10)8-27-17-24-23-16(28-17)22-15(25)7-26-14-4-3-11(19)6-13(14)21/h1-6H,7-8H2,(H,22,23,25). The molecule has 5 nitrogen and oxygen atoms in total. The number of benzene rings is 2. The van der Waals surface area contributed by atoms with E-state index in [1.165, 1.54) is 29.2 Å². The molecular formula is C17H11Cl4N3O2S2. The van der Waals surface area contributed by atoms with Crippen LogP contribution in [0.15, 0.2) is 40.7 Å². The average molecular weight is 495 g/mol. The van der Waals surface area contributed by atoms with Gasteiger partial charge in [-0.15, -0.1) is 10.2 Å². The number of thioether (sulfide) groups is 1. The molecule has 0 aliphatic rings. The molecule has 0 saturated heterocycles. The van der Waals surface area contributed by atoms with Crippen LogP contribution >= 0.6 is 69.5 Å². The van der Waals surface area contributed by atoms with Gasteiger partial charge in [0.1, 0.15) is 5.75 Å². The highest BCUT2D eigenvalue weighted by Gasteiger charge is 2.11. The number of nitrogens with zero attached hydrogens (tertiary/aromatic N) is 2. The fourth-order valence-corrected chi connectivity index (χ4v) is 4.78. The zero-order valence-electron chi connectivity index (χ0n) is 13.9. The molecule has 0 bridgehead atoms. The molecule has 146 valence electrons. The molecule has 1 amide bonds. The molecule has 0 spiro atoms. The number of hydrogen-bond acceptors (Lipinski definition) is 6. The number of nitrogens with one attached hydrogen (secondary N) is 1. The second kappa shape index (κ2) is 10.0. The van der Waals surface area contributed by atoms with Gasteiger partial charge in [0.15, 0.2) is 10.9 Å². The molecule has 0 unspecified atom stereocenters. The Morgan fingerprint density at radius 3 is 2.46 bits per heavy atom. The number of anilines is 1. The monoisotopic (exact) mass is 493 g/mol. The molecule has 1 N–H and O–H groups in total. The molecule has 0 aliphatic carbocycles. The van der Waals surface area contributed by atoms with Crippen LogP contribution in [-0.2, 0) is 10.5 Å². The fraction of sp³-hybridized carbons (Fsp3) is 0.118. The van der Waals surface area contributed by atoms with Gasteiger partial charge in [-0.3, -0.25) is 10.1 Å². The first kappa shape index (κ1) is 21.5. The summed E-state index contributed by atoms with van der Waals surface area (Å²) in [6, 6.07) is 10.1. The van der Waals surface area contributed by atoms with Crippen molar-refractivity contribution in [1.29, 1.82) is 0 Å². The first-order valence-corrected chi connectivity index (χ1v) is 11.0. The zero-order chi connectivity index (χ0) is 20.1. The van der Waals surface area contributed by atoms with E-state index in [1.807, 2.05) is 6.07 Å². The Labute approximate surface area is 189 Å². The van der Waals surface area contributed by atoms with E-state index in [0.717, 1.165) is 5.56 Å². The van der Waals surface area contributed by atoms with Crippen molar-refractivity contribution in [2.24, 2.45) is 0 Å². The van der Waals surface area contributed by atoms with Gasteiger partial charge in [-0.05, 0) is 35.9 Å². The average Bonchev–Trinajstić information content (AvgIpc) is 3.07. The highest BCUT2D eigenvalue weighted by atomic mass is 35.5.